The number of carbonyl (C=O) groups is 1. The number of nitrogens with one attached hydrogen (secondary N) is 1. The number of imidazole rings is 1. The molecule has 3 aromatic rings. The number of fused-ring (bicyclic) bond motifs is 1. The normalized spacial score (nSPS) is 10.8. The number of hydrogen-bond donors (Lipinski definition) is 1. The van der Waals surface area contributed by atoms with Crippen LogP contribution in [0.4, 0.5) is 5.95 Å². The molecule has 0 fully saturated rings. The van der Waals surface area contributed by atoms with Gasteiger partial charge in [0.1, 0.15) is 0 Å². The zero-order chi connectivity index (χ0) is 20.8. The second-order valence-corrected chi connectivity index (χ2v) is 6.66. The van der Waals surface area contributed by atoms with Crippen molar-refractivity contribution in [3.05, 3.63) is 42.0 Å². The van der Waals surface area contributed by atoms with Crippen LogP contribution in [0.2, 0.25) is 0 Å². The molecule has 7 nitrogen and oxygen atoms in total. The van der Waals surface area contributed by atoms with Crippen LogP contribution in [0.15, 0.2) is 36.4 Å². The Morgan fingerprint density at radius 3 is 2.38 bits per heavy atom. The lowest BCUT2D eigenvalue weighted by Gasteiger charge is -2.14. The first kappa shape index (κ1) is 20.5. The Bertz CT molecular complexity index is 972. The van der Waals surface area contributed by atoms with Crippen LogP contribution in [0, 0.1) is 0 Å². The maximum Gasteiger partial charge on any atom is 0.227 e. The van der Waals surface area contributed by atoms with E-state index in [1.807, 2.05) is 41.0 Å². The molecule has 0 aliphatic carbocycles. The Labute approximate surface area is 170 Å². The fourth-order valence-corrected chi connectivity index (χ4v) is 3.35. The van der Waals surface area contributed by atoms with Gasteiger partial charge >= 0.3 is 0 Å². The number of rotatable bonds is 9. The van der Waals surface area contributed by atoms with Gasteiger partial charge in [-0.1, -0.05) is 19.1 Å². The lowest BCUT2D eigenvalue weighted by atomic mass is 10.1. The van der Waals surface area contributed by atoms with Crippen molar-refractivity contribution in [1.82, 2.24) is 9.55 Å². The molecule has 154 valence electrons. The fraction of sp³-hybridized carbons (Fsp3) is 0.364. The summed E-state index contributed by atoms with van der Waals surface area (Å²) in [6, 6.07) is 11.6. The van der Waals surface area contributed by atoms with Gasteiger partial charge in [0.15, 0.2) is 11.5 Å². The van der Waals surface area contributed by atoms with Crippen molar-refractivity contribution in [3.8, 4) is 17.2 Å². The third kappa shape index (κ3) is 4.45. The van der Waals surface area contributed by atoms with Gasteiger partial charge in [0.2, 0.25) is 17.6 Å². The molecule has 1 aromatic heterocycles. The standard InChI is InChI=1S/C22H27N3O4/c1-5-12-25-17-9-7-6-8-16(17)23-22(25)24-20(26)11-10-15-13-18(27-2)21(29-4)19(14-15)28-3/h6-9,13-14H,5,10-12H2,1-4H3,(H,23,24,26). The molecule has 0 aliphatic heterocycles. The van der Waals surface area contributed by atoms with Crippen molar-refractivity contribution in [2.24, 2.45) is 0 Å². The monoisotopic (exact) mass is 397 g/mol. The number of carbonyl (C=O) groups excluding carboxylic acids is 1. The van der Waals surface area contributed by atoms with Gasteiger partial charge in [0, 0.05) is 13.0 Å². The van der Waals surface area contributed by atoms with Crippen LogP contribution >= 0.6 is 0 Å². The number of ether oxygens (including phenoxy) is 3. The molecule has 1 N–H and O–H groups in total. The maximum atomic E-state index is 12.6. The number of benzene rings is 2. The van der Waals surface area contributed by atoms with E-state index in [1.165, 1.54) is 0 Å². The number of aromatic nitrogens is 2. The fourth-order valence-electron chi connectivity index (χ4n) is 3.35. The Kier molecular flexibility index (Phi) is 6.59. The topological polar surface area (TPSA) is 74.6 Å². The average molecular weight is 397 g/mol. The molecule has 0 unspecified atom stereocenters. The van der Waals surface area contributed by atoms with Crippen molar-refractivity contribution >= 4 is 22.9 Å². The van der Waals surface area contributed by atoms with Gasteiger partial charge in [0.05, 0.1) is 32.4 Å². The van der Waals surface area contributed by atoms with Gasteiger partial charge in [-0.05, 0) is 42.7 Å². The van der Waals surface area contributed by atoms with Gasteiger partial charge in [0.25, 0.3) is 0 Å². The smallest absolute Gasteiger partial charge is 0.227 e. The maximum absolute atomic E-state index is 12.6. The number of para-hydroxylation sites is 2. The highest BCUT2D eigenvalue weighted by Gasteiger charge is 2.15. The summed E-state index contributed by atoms with van der Waals surface area (Å²) in [5.74, 6) is 2.19. The summed E-state index contributed by atoms with van der Waals surface area (Å²) < 4.78 is 18.1. The number of anilines is 1. The van der Waals surface area contributed by atoms with Crippen LogP contribution < -0.4 is 19.5 Å². The molecule has 0 saturated carbocycles. The minimum absolute atomic E-state index is 0.0913. The second-order valence-electron chi connectivity index (χ2n) is 6.66. The van der Waals surface area contributed by atoms with Crippen LogP contribution in [-0.2, 0) is 17.8 Å². The lowest BCUT2D eigenvalue weighted by Crippen LogP contribution is -2.16. The van der Waals surface area contributed by atoms with Crippen LogP contribution in [0.25, 0.3) is 11.0 Å². The van der Waals surface area contributed by atoms with Gasteiger partial charge < -0.3 is 18.8 Å². The highest BCUT2D eigenvalue weighted by molar-refractivity contribution is 5.91. The van der Waals surface area contributed by atoms with E-state index in [2.05, 4.69) is 17.2 Å². The first-order valence-corrected chi connectivity index (χ1v) is 9.65. The van der Waals surface area contributed by atoms with Crippen molar-refractivity contribution in [3.63, 3.8) is 0 Å². The predicted molar refractivity (Wildman–Crippen MR) is 113 cm³/mol. The van der Waals surface area contributed by atoms with Crippen LogP contribution in [0.5, 0.6) is 17.2 Å². The predicted octanol–water partition coefficient (Wildman–Crippen LogP) is 4.04. The number of nitrogens with zero attached hydrogens (tertiary/aromatic N) is 2. The number of methoxy groups -OCH3 is 3. The van der Waals surface area contributed by atoms with E-state index < -0.39 is 0 Å². The first-order chi connectivity index (χ1) is 14.1. The van der Waals surface area contributed by atoms with Gasteiger partial charge in [-0.3, -0.25) is 10.1 Å². The summed E-state index contributed by atoms with van der Waals surface area (Å²) in [5, 5.41) is 2.96. The summed E-state index contributed by atoms with van der Waals surface area (Å²) in [7, 11) is 4.72. The van der Waals surface area contributed by atoms with E-state index in [0.29, 0.717) is 36.0 Å². The Balaban J connectivity index is 1.74. The Hall–Kier alpha value is -3.22. The van der Waals surface area contributed by atoms with Gasteiger partial charge in [-0.15, -0.1) is 0 Å². The van der Waals surface area contributed by atoms with E-state index in [0.717, 1.165) is 29.6 Å². The molecular weight excluding hydrogens is 370 g/mol. The average Bonchev–Trinajstić information content (AvgIpc) is 3.08. The minimum Gasteiger partial charge on any atom is -0.493 e. The van der Waals surface area contributed by atoms with E-state index >= 15 is 0 Å². The van der Waals surface area contributed by atoms with Crippen molar-refractivity contribution < 1.29 is 19.0 Å². The summed E-state index contributed by atoms with van der Waals surface area (Å²) in [5.41, 5.74) is 2.83. The van der Waals surface area contributed by atoms with Crippen LogP contribution in [0.1, 0.15) is 25.3 Å². The van der Waals surface area contributed by atoms with Crippen molar-refractivity contribution in [2.45, 2.75) is 32.7 Å². The molecular formula is C22H27N3O4. The molecule has 3 rings (SSSR count). The van der Waals surface area contributed by atoms with Gasteiger partial charge in [-0.2, -0.15) is 0 Å². The molecule has 7 heteroatoms. The molecule has 2 aromatic carbocycles. The van der Waals surface area contributed by atoms with Crippen molar-refractivity contribution in [1.29, 1.82) is 0 Å². The lowest BCUT2D eigenvalue weighted by molar-refractivity contribution is -0.116. The molecule has 0 atom stereocenters. The second kappa shape index (κ2) is 9.32. The highest BCUT2D eigenvalue weighted by Crippen LogP contribution is 2.38. The third-order valence-electron chi connectivity index (χ3n) is 4.72. The molecule has 0 saturated heterocycles. The molecule has 0 radical (unpaired) electrons. The van der Waals surface area contributed by atoms with E-state index in [9.17, 15) is 4.79 Å². The summed E-state index contributed by atoms with van der Waals surface area (Å²) in [6.45, 7) is 2.90. The molecule has 0 spiro atoms. The van der Waals surface area contributed by atoms with E-state index in [4.69, 9.17) is 14.2 Å². The Morgan fingerprint density at radius 1 is 1.07 bits per heavy atom. The molecule has 0 bridgehead atoms. The number of amides is 1. The third-order valence-corrected chi connectivity index (χ3v) is 4.72. The van der Waals surface area contributed by atoms with Gasteiger partial charge in [-0.25, -0.2) is 4.98 Å². The molecule has 1 heterocycles. The largest absolute Gasteiger partial charge is 0.493 e. The van der Waals surface area contributed by atoms with E-state index in [-0.39, 0.29) is 5.91 Å². The SMILES string of the molecule is CCCn1c(NC(=O)CCc2cc(OC)c(OC)c(OC)c2)nc2ccccc21. The first-order valence-electron chi connectivity index (χ1n) is 9.65. The number of hydrogen-bond acceptors (Lipinski definition) is 5. The van der Waals surface area contributed by atoms with E-state index in [1.54, 1.807) is 21.3 Å². The van der Waals surface area contributed by atoms with Crippen LogP contribution in [0.3, 0.4) is 0 Å². The molecule has 0 aliphatic rings. The number of aryl methyl sites for hydroxylation is 2. The Morgan fingerprint density at radius 2 is 1.76 bits per heavy atom. The highest BCUT2D eigenvalue weighted by atomic mass is 16.5. The zero-order valence-electron chi connectivity index (χ0n) is 17.3. The minimum atomic E-state index is -0.0913. The van der Waals surface area contributed by atoms with Crippen molar-refractivity contribution in [2.75, 3.05) is 26.6 Å². The zero-order valence-corrected chi connectivity index (χ0v) is 17.3. The quantitative estimate of drug-likeness (QED) is 0.590. The summed E-state index contributed by atoms with van der Waals surface area (Å²) in [4.78, 5) is 17.2. The molecule has 1 amide bonds. The van der Waals surface area contributed by atoms with Crippen LogP contribution in [-0.4, -0.2) is 36.8 Å². The molecule has 29 heavy (non-hydrogen) atoms. The summed E-state index contributed by atoms with van der Waals surface area (Å²) in [6.07, 6.45) is 1.80. The summed E-state index contributed by atoms with van der Waals surface area (Å²) >= 11 is 0.